The number of hydrogen-bond donors (Lipinski definition) is 1. The van der Waals surface area contributed by atoms with Crippen molar-refractivity contribution in [3.63, 3.8) is 0 Å². The van der Waals surface area contributed by atoms with Gasteiger partial charge in [-0.1, -0.05) is 48.9 Å². The fourth-order valence-corrected chi connectivity index (χ4v) is 8.68. The first-order valence-electron chi connectivity index (χ1n) is 12.7. The third kappa shape index (κ3) is 2.81. The number of carbonyl (C=O) groups is 1. The summed E-state index contributed by atoms with van der Waals surface area (Å²) in [4.78, 5) is 12.6. The molecular weight excluding hydrogens is 414 g/mol. The molecule has 0 radical (unpaired) electrons. The van der Waals surface area contributed by atoms with Gasteiger partial charge in [-0.05, 0) is 80.8 Å². The lowest BCUT2D eigenvalue weighted by Crippen LogP contribution is -2.54. The molecule has 3 saturated carbocycles. The van der Waals surface area contributed by atoms with E-state index in [4.69, 9.17) is 9.47 Å². The molecule has 5 aliphatic rings. The van der Waals surface area contributed by atoms with Crippen molar-refractivity contribution in [1.82, 2.24) is 0 Å². The Hall–Kier alpha value is -2.14. The van der Waals surface area contributed by atoms with Crippen molar-refractivity contribution in [2.24, 2.45) is 33.7 Å². The van der Waals surface area contributed by atoms with Gasteiger partial charge in [0, 0.05) is 11.8 Å². The van der Waals surface area contributed by atoms with Crippen molar-refractivity contribution >= 4 is 11.7 Å². The highest BCUT2D eigenvalue weighted by Gasteiger charge is 2.78. The van der Waals surface area contributed by atoms with Crippen LogP contribution in [-0.2, 0) is 9.47 Å². The standard InChI is InChI=1S/C28H35NO4/c1-17(29-31)28-24(33-28)16-23-21-10-9-19-15-20(32-25(30)18-7-5-4-6-8-18)11-13-26(19,2)22(21)12-14-27(23,28)3/h4-9,20-24,31H,10-16H2,1-3H3/t20-,21+,22+,23+,24+,26-,27-,28+/m0/s1. The van der Waals surface area contributed by atoms with E-state index in [-0.39, 0.29) is 34.6 Å². The molecule has 1 saturated heterocycles. The van der Waals surface area contributed by atoms with Crippen LogP contribution in [0, 0.1) is 28.6 Å². The number of esters is 1. The number of nitrogens with zero attached hydrogens (tertiary/aromatic N) is 1. The van der Waals surface area contributed by atoms with Crippen LogP contribution in [0.15, 0.2) is 47.1 Å². The highest BCUT2D eigenvalue weighted by molar-refractivity contribution is 5.95. The first-order chi connectivity index (χ1) is 15.8. The van der Waals surface area contributed by atoms with E-state index in [0.29, 0.717) is 23.3 Å². The number of ether oxygens (including phenoxy) is 2. The maximum absolute atomic E-state index is 12.6. The van der Waals surface area contributed by atoms with Gasteiger partial charge in [-0.15, -0.1) is 0 Å². The molecular formula is C28H35NO4. The maximum atomic E-state index is 12.6. The number of oxime groups is 1. The van der Waals surface area contributed by atoms with Crippen LogP contribution in [-0.4, -0.2) is 34.7 Å². The summed E-state index contributed by atoms with van der Waals surface area (Å²) in [6.45, 7) is 6.78. The lowest BCUT2D eigenvalue weighted by molar-refractivity contribution is -0.0719. The van der Waals surface area contributed by atoms with Crippen molar-refractivity contribution < 1.29 is 19.5 Å². The highest BCUT2D eigenvalue weighted by Crippen LogP contribution is 2.73. The van der Waals surface area contributed by atoms with Crippen LogP contribution >= 0.6 is 0 Å². The summed E-state index contributed by atoms with van der Waals surface area (Å²) < 4.78 is 12.1. The van der Waals surface area contributed by atoms with Gasteiger partial charge in [0.25, 0.3) is 0 Å². The fraction of sp³-hybridized carbons (Fsp3) is 0.643. The quantitative estimate of drug-likeness (QED) is 0.159. The van der Waals surface area contributed by atoms with Crippen LogP contribution in [0.2, 0.25) is 0 Å². The van der Waals surface area contributed by atoms with E-state index in [2.05, 4.69) is 25.1 Å². The van der Waals surface area contributed by atoms with Crippen LogP contribution in [0.25, 0.3) is 0 Å². The summed E-state index contributed by atoms with van der Waals surface area (Å²) in [6, 6.07) is 9.33. The summed E-state index contributed by atoms with van der Waals surface area (Å²) in [5.41, 5.74) is 2.81. The number of rotatable bonds is 3. The largest absolute Gasteiger partial charge is 0.458 e. The Kier molecular flexibility index (Phi) is 4.65. The van der Waals surface area contributed by atoms with Gasteiger partial charge in [0.05, 0.1) is 17.4 Å². The molecule has 176 valence electrons. The number of allylic oxidation sites excluding steroid dienone is 1. The first-order valence-corrected chi connectivity index (χ1v) is 12.7. The van der Waals surface area contributed by atoms with Crippen molar-refractivity contribution in [1.29, 1.82) is 0 Å². The van der Waals surface area contributed by atoms with Crippen LogP contribution in [0.1, 0.15) is 76.1 Å². The molecule has 8 atom stereocenters. The Bertz CT molecular complexity index is 1030. The molecule has 1 N–H and O–H groups in total. The average molecular weight is 450 g/mol. The Morgan fingerprint density at radius 1 is 1.15 bits per heavy atom. The molecule has 33 heavy (non-hydrogen) atoms. The predicted molar refractivity (Wildman–Crippen MR) is 125 cm³/mol. The predicted octanol–water partition coefficient (Wildman–Crippen LogP) is 5.77. The van der Waals surface area contributed by atoms with Gasteiger partial charge < -0.3 is 14.7 Å². The summed E-state index contributed by atoms with van der Waals surface area (Å²) in [5, 5.41) is 13.1. The van der Waals surface area contributed by atoms with Crippen LogP contribution < -0.4 is 0 Å². The molecule has 1 aliphatic heterocycles. The van der Waals surface area contributed by atoms with Crippen molar-refractivity contribution in [2.45, 2.75) is 83.5 Å². The van der Waals surface area contributed by atoms with E-state index in [0.717, 1.165) is 44.2 Å². The third-order valence-corrected chi connectivity index (χ3v) is 10.5. The van der Waals surface area contributed by atoms with Gasteiger partial charge in [-0.25, -0.2) is 4.79 Å². The molecule has 1 aromatic rings. The molecule has 5 nitrogen and oxygen atoms in total. The van der Waals surface area contributed by atoms with Gasteiger partial charge in [-0.2, -0.15) is 0 Å². The molecule has 0 bridgehead atoms. The van der Waals surface area contributed by atoms with Crippen molar-refractivity contribution in [3.05, 3.63) is 47.5 Å². The summed E-state index contributed by atoms with van der Waals surface area (Å²) in [5.74, 6) is 1.72. The molecule has 6 rings (SSSR count). The smallest absolute Gasteiger partial charge is 0.338 e. The second-order valence-electron chi connectivity index (χ2n) is 11.6. The average Bonchev–Trinajstić information content (AvgIpc) is 3.51. The Morgan fingerprint density at radius 2 is 1.94 bits per heavy atom. The third-order valence-electron chi connectivity index (χ3n) is 10.5. The van der Waals surface area contributed by atoms with E-state index in [1.54, 1.807) is 0 Å². The Balaban J connectivity index is 1.21. The normalized spacial score (nSPS) is 45.7. The molecule has 0 unspecified atom stereocenters. The van der Waals surface area contributed by atoms with Gasteiger partial charge >= 0.3 is 5.97 Å². The van der Waals surface area contributed by atoms with E-state index in [9.17, 15) is 10.0 Å². The lowest BCUT2D eigenvalue weighted by Gasteiger charge is -2.58. The zero-order chi connectivity index (χ0) is 23.0. The molecule has 0 aromatic heterocycles. The number of carbonyl (C=O) groups excluding carboxylic acids is 1. The summed E-state index contributed by atoms with van der Waals surface area (Å²) in [6.07, 6.45) is 10.1. The molecule has 5 heteroatoms. The second kappa shape index (κ2) is 7.18. The molecule has 4 aliphatic carbocycles. The number of hydrogen-bond acceptors (Lipinski definition) is 5. The molecule has 1 heterocycles. The summed E-state index contributed by atoms with van der Waals surface area (Å²) >= 11 is 0. The minimum Gasteiger partial charge on any atom is -0.458 e. The number of epoxide rings is 1. The second-order valence-corrected chi connectivity index (χ2v) is 11.6. The number of fused-ring (bicyclic) bond motifs is 7. The Morgan fingerprint density at radius 3 is 2.70 bits per heavy atom. The van der Waals surface area contributed by atoms with E-state index >= 15 is 0 Å². The summed E-state index contributed by atoms with van der Waals surface area (Å²) in [7, 11) is 0. The highest BCUT2D eigenvalue weighted by atomic mass is 16.6. The van der Waals surface area contributed by atoms with E-state index in [1.807, 2.05) is 37.3 Å². The lowest BCUT2D eigenvalue weighted by atomic mass is 9.47. The first kappa shape index (κ1) is 21.4. The van der Waals surface area contributed by atoms with Gasteiger partial charge in [-0.3, -0.25) is 0 Å². The molecule has 0 spiro atoms. The van der Waals surface area contributed by atoms with Crippen LogP contribution in [0.4, 0.5) is 0 Å². The molecule has 1 aromatic carbocycles. The van der Waals surface area contributed by atoms with E-state index in [1.165, 1.54) is 12.0 Å². The topological polar surface area (TPSA) is 71.4 Å². The minimum absolute atomic E-state index is 0.0263. The van der Waals surface area contributed by atoms with Crippen molar-refractivity contribution in [2.75, 3.05) is 0 Å². The van der Waals surface area contributed by atoms with Gasteiger partial charge in [0.2, 0.25) is 0 Å². The zero-order valence-electron chi connectivity index (χ0n) is 19.9. The zero-order valence-corrected chi connectivity index (χ0v) is 19.9. The number of benzene rings is 1. The maximum Gasteiger partial charge on any atom is 0.338 e. The SMILES string of the molecule is CC(=NO)[C@@]12O[C@@H]1C[C@@H]1[C@@H]3CC=C4C[C@@H](OC(=O)c5ccccc5)CC[C@]4(C)[C@@H]3CC[C@@]12C. The molecule has 4 fully saturated rings. The monoisotopic (exact) mass is 449 g/mol. The van der Waals surface area contributed by atoms with E-state index < -0.39 is 0 Å². The molecule has 0 amide bonds. The van der Waals surface area contributed by atoms with Crippen molar-refractivity contribution in [3.8, 4) is 0 Å². The van der Waals surface area contributed by atoms with Crippen LogP contribution in [0.5, 0.6) is 0 Å². The van der Waals surface area contributed by atoms with Gasteiger partial charge in [0.15, 0.2) is 0 Å². The fourth-order valence-electron chi connectivity index (χ4n) is 8.68. The Labute approximate surface area is 196 Å². The van der Waals surface area contributed by atoms with Gasteiger partial charge in [0.1, 0.15) is 11.7 Å². The minimum atomic E-state index is -0.342. The van der Waals surface area contributed by atoms with Crippen LogP contribution in [0.3, 0.4) is 0 Å².